The molecule has 3 atom stereocenters. The van der Waals surface area contributed by atoms with Crippen molar-refractivity contribution in [1.29, 1.82) is 0 Å². The maximum absolute atomic E-state index is 12.6. The van der Waals surface area contributed by atoms with Gasteiger partial charge in [0.15, 0.2) is 0 Å². The van der Waals surface area contributed by atoms with Gasteiger partial charge in [0, 0.05) is 18.3 Å². The molecule has 3 heterocycles. The molecular formula is C15H16N2O3. The Morgan fingerprint density at radius 3 is 3.00 bits per heavy atom. The molecule has 20 heavy (non-hydrogen) atoms. The number of nitrogens with one attached hydrogen (secondary N) is 1. The normalized spacial score (nSPS) is 35.1. The molecular weight excluding hydrogens is 256 g/mol. The minimum Gasteiger partial charge on any atom is -0.481 e. The summed E-state index contributed by atoms with van der Waals surface area (Å²) in [5.74, 6) is -1.65. The number of anilines is 1. The molecule has 0 bridgehead atoms. The van der Waals surface area contributed by atoms with E-state index < -0.39 is 17.3 Å². The lowest BCUT2D eigenvalue weighted by Gasteiger charge is -2.27. The zero-order valence-electron chi connectivity index (χ0n) is 11.0. The predicted octanol–water partition coefficient (Wildman–Crippen LogP) is 1.06. The number of rotatable bonds is 1. The standard InChI is InChI=1S/C15H16N2O3/c18-13(19)12-11-6-3-7-17(11)8-15(12)9-4-1-2-5-10(9)16-14(15)20/h1-2,4-5,11-12H,3,6-8H2,(H,16,20)(H,18,19)/t11-,12-,15+/m1/s1. The van der Waals surface area contributed by atoms with Gasteiger partial charge in [0.05, 0.1) is 5.92 Å². The summed E-state index contributed by atoms with van der Waals surface area (Å²) >= 11 is 0. The third-order valence-corrected chi connectivity index (χ3v) is 5.11. The van der Waals surface area contributed by atoms with Crippen LogP contribution in [0, 0.1) is 5.92 Å². The summed E-state index contributed by atoms with van der Waals surface area (Å²) in [6.07, 6.45) is 1.89. The van der Waals surface area contributed by atoms with E-state index >= 15 is 0 Å². The van der Waals surface area contributed by atoms with E-state index in [0.717, 1.165) is 30.6 Å². The summed E-state index contributed by atoms with van der Waals surface area (Å²) in [6, 6.07) is 7.48. The number of carbonyl (C=O) groups excluding carboxylic acids is 1. The maximum atomic E-state index is 12.6. The number of fused-ring (bicyclic) bond motifs is 3. The molecule has 0 aliphatic carbocycles. The molecule has 5 heteroatoms. The highest BCUT2D eigenvalue weighted by Gasteiger charge is 2.64. The summed E-state index contributed by atoms with van der Waals surface area (Å²) in [5, 5.41) is 12.6. The van der Waals surface area contributed by atoms with Gasteiger partial charge in [0.1, 0.15) is 5.41 Å². The van der Waals surface area contributed by atoms with E-state index in [1.807, 2.05) is 24.3 Å². The van der Waals surface area contributed by atoms with Gasteiger partial charge in [-0.1, -0.05) is 18.2 Å². The lowest BCUT2D eigenvalue weighted by Crippen LogP contribution is -2.46. The smallest absolute Gasteiger partial charge is 0.309 e. The second-order valence-electron chi connectivity index (χ2n) is 5.97. The molecule has 0 unspecified atom stereocenters. The van der Waals surface area contributed by atoms with Gasteiger partial charge in [-0.05, 0) is 31.0 Å². The Morgan fingerprint density at radius 1 is 1.40 bits per heavy atom. The maximum Gasteiger partial charge on any atom is 0.309 e. The molecule has 5 nitrogen and oxygen atoms in total. The Hall–Kier alpha value is -1.88. The molecule has 2 fully saturated rings. The third kappa shape index (κ3) is 1.26. The van der Waals surface area contributed by atoms with Gasteiger partial charge in [-0.15, -0.1) is 0 Å². The van der Waals surface area contributed by atoms with Gasteiger partial charge in [-0.25, -0.2) is 0 Å². The van der Waals surface area contributed by atoms with Crippen LogP contribution in [0.2, 0.25) is 0 Å². The molecule has 104 valence electrons. The summed E-state index contributed by atoms with van der Waals surface area (Å²) in [5.41, 5.74) is 0.713. The molecule has 2 N–H and O–H groups in total. The SMILES string of the molecule is O=C(O)[C@H]1[C@H]2CCCN2C[C@@]12C(=O)Nc1ccccc12. The van der Waals surface area contributed by atoms with Crippen LogP contribution in [0.5, 0.6) is 0 Å². The van der Waals surface area contributed by atoms with Crippen LogP contribution < -0.4 is 5.32 Å². The first-order chi connectivity index (χ1) is 9.64. The summed E-state index contributed by atoms with van der Waals surface area (Å²) in [6.45, 7) is 1.42. The van der Waals surface area contributed by atoms with Gasteiger partial charge >= 0.3 is 5.97 Å². The van der Waals surface area contributed by atoms with Crippen LogP contribution in [0.4, 0.5) is 5.69 Å². The Bertz CT molecular complexity index is 615. The fourth-order valence-electron chi connectivity index (χ4n) is 4.35. The number of carbonyl (C=O) groups is 2. The van der Waals surface area contributed by atoms with Crippen molar-refractivity contribution < 1.29 is 14.7 Å². The van der Waals surface area contributed by atoms with Crippen molar-refractivity contribution in [2.45, 2.75) is 24.3 Å². The molecule has 3 aliphatic rings. The van der Waals surface area contributed by atoms with Gasteiger partial charge in [0.2, 0.25) is 5.91 Å². The lowest BCUT2D eigenvalue weighted by molar-refractivity contribution is -0.146. The van der Waals surface area contributed by atoms with Crippen molar-refractivity contribution in [3.63, 3.8) is 0 Å². The molecule has 1 spiro atoms. The monoisotopic (exact) mass is 272 g/mol. The van der Waals surface area contributed by atoms with Gasteiger partial charge in [-0.3, -0.25) is 14.5 Å². The molecule has 3 aliphatic heterocycles. The number of hydrogen-bond acceptors (Lipinski definition) is 3. The number of amides is 1. The fraction of sp³-hybridized carbons (Fsp3) is 0.467. The van der Waals surface area contributed by atoms with E-state index in [9.17, 15) is 14.7 Å². The average molecular weight is 272 g/mol. The fourth-order valence-corrected chi connectivity index (χ4v) is 4.35. The molecule has 2 saturated heterocycles. The second-order valence-corrected chi connectivity index (χ2v) is 5.97. The first kappa shape index (κ1) is 11.9. The van der Waals surface area contributed by atoms with Crippen molar-refractivity contribution >= 4 is 17.6 Å². The highest BCUT2D eigenvalue weighted by atomic mass is 16.4. The van der Waals surface area contributed by atoms with Crippen LogP contribution in [0.1, 0.15) is 18.4 Å². The Balaban J connectivity index is 1.91. The number of para-hydroxylation sites is 1. The zero-order chi connectivity index (χ0) is 13.9. The number of nitrogens with zero attached hydrogens (tertiary/aromatic N) is 1. The highest BCUT2D eigenvalue weighted by molar-refractivity contribution is 6.09. The van der Waals surface area contributed by atoms with E-state index in [1.54, 1.807) is 0 Å². The summed E-state index contributed by atoms with van der Waals surface area (Å²) in [7, 11) is 0. The van der Waals surface area contributed by atoms with Crippen LogP contribution in [0.25, 0.3) is 0 Å². The van der Waals surface area contributed by atoms with Gasteiger partial charge in [-0.2, -0.15) is 0 Å². The van der Waals surface area contributed by atoms with Crippen LogP contribution >= 0.6 is 0 Å². The Labute approximate surface area is 116 Å². The van der Waals surface area contributed by atoms with E-state index in [-0.39, 0.29) is 11.9 Å². The van der Waals surface area contributed by atoms with Crippen molar-refractivity contribution in [3.8, 4) is 0 Å². The van der Waals surface area contributed by atoms with Crippen molar-refractivity contribution in [1.82, 2.24) is 4.90 Å². The molecule has 0 saturated carbocycles. The van der Waals surface area contributed by atoms with Crippen LogP contribution in [0.3, 0.4) is 0 Å². The largest absolute Gasteiger partial charge is 0.481 e. The topological polar surface area (TPSA) is 69.6 Å². The van der Waals surface area contributed by atoms with E-state index in [4.69, 9.17) is 0 Å². The van der Waals surface area contributed by atoms with Crippen LogP contribution in [-0.4, -0.2) is 41.0 Å². The predicted molar refractivity (Wildman–Crippen MR) is 72.5 cm³/mol. The Kier molecular flexibility index (Phi) is 2.27. The van der Waals surface area contributed by atoms with Gasteiger partial charge in [0.25, 0.3) is 0 Å². The van der Waals surface area contributed by atoms with Crippen LogP contribution in [-0.2, 0) is 15.0 Å². The van der Waals surface area contributed by atoms with E-state index in [2.05, 4.69) is 10.2 Å². The van der Waals surface area contributed by atoms with E-state index in [1.165, 1.54) is 0 Å². The summed E-state index contributed by atoms with van der Waals surface area (Å²) < 4.78 is 0. The Morgan fingerprint density at radius 2 is 2.20 bits per heavy atom. The first-order valence-corrected chi connectivity index (χ1v) is 7.02. The average Bonchev–Trinajstić information content (AvgIpc) is 3.03. The number of carboxylic acid groups (broad SMARTS) is 1. The number of aliphatic carboxylic acids is 1. The van der Waals surface area contributed by atoms with Crippen molar-refractivity contribution in [2.75, 3.05) is 18.4 Å². The molecule has 4 rings (SSSR count). The number of carboxylic acids is 1. The minimum absolute atomic E-state index is 0.00981. The van der Waals surface area contributed by atoms with Crippen LogP contribution in [0.15, 0.2) is 24.3 Å². The lowest BCUT2D eigenvalue weighted by atomic mass is 9.70. The molecule has 1 aromatic rings. The highest BCUT2D eigenvalue weighted by Crippen LogP contribution is 2.52. The molecule has 0 aromatic heterocycles. The zero-order valence-corrected chi connectivity index (χ0v) is 11.0. The molecule has 1 amide bonds. The molecule has 1 aromatic carbocycles. The third-order valence-electron chi connectivity index (χ3n) is 5.11. The van der Waals surface area contributed by atoms with Crippen molar-refractivity contribution in [2.24, 2.45) is 5.92 Å². The minimum atomic E-state index is -0.909. The first-order valence-electron chi connectivity index (χ1n) is 7.02. The van der Waals surface area contributed by atoms with E-state index in [0.29, 0.717) is 6.54 Å². The second kappa shape index (κ2) is 3.82. The number of benzene rings is 1. The van der Waals surface area contributed by atoms with Gasteiger partial charge < -0.3 is 10.4 Å². The number of hydrogen-bond donors (Lipinski definition) is 2. The quantitative estimate of drug-likeness (QED) is 0.802. The molecule has 0 radical (unpaired) electrons. The van der Waals surface area contributed by atoms with Crippen molar-refractivity contribution in [3.05, 3.63) is 29.8 Å². The summed E-state index contributed by atoms with van der Waals surface area (Å²) in [4.78, 5) is 26.6.